The number of carbonyl (C=O) groups is 1. The number of nitrogens with zero attached hydrogens (tertiary/aromatic N) is 3. The number of hydrogen-bond donors (Lipinski definition) is 2. The highest BCUT2D eigenvalue weighted by atomic mass is 16.5. The number of nitrogens with one attached hydrogen (secondary N) is 1. The minimum atomic E-state index is -0.211. The van der Waals surface area contributed by atoms with Gasteiger partial charge in [-0.25, -0.2) is 0 Å². The molecule has 0 aliphatic carbocycles. The Balaban J connectivity index is 1.91. The van der Waals surface area contributed by atoms with E-state index >= 15 is 0 Å². The van der Waals surface area contributed by atoms with Gasteiger partial charge in [0, 0.05) is 26.3 Å². The number of hydrogen-bond acceptors (Lipinski definition) is 5. The van der Waals surface area contributed by atoms with Crippen LogP contribution < -0.4 is 11.1 Å². The first-order valence-corrected chi connectivity index (χ1v) is 6.03. The average Bonchev–Trinajstić information content (AvgIpc) is 2.81. The second kappa shape index (κ2) is 5.83. The monoisotopic (exact) mass is 253 g/mol. The molecule has 0 saturated carbocycles. The van der Waals surface area contributed by atoms with Crippen LogP contribution in [-0.4, -0.2) is 60.0 Å². The second-order valence-corrected chi connectivity index (χ2v) is 4.24. The SMILES string of the molecule is CNC(=O)C1COCCN1CCn1ccc(N)n1. The first-order valence-electron chi connectivity index (χ1n) is 6.03. The third-order valence-electron chi connectivity index (χ3n) is 3.07. The van der Waals surface area contributed by atoms with Crippen molar-refractivity contribution in [2.75, 3.05) is 39.1 Å². The minimum absolute atomic E-state index is 0.00493. The van der Waals surface area contributed by atoms with E-state index < -0.39 is 0 Å². The molecule has 1 aliphatic heterocycles. The molecule has 0 radical (unpaired) electrons. The number of amides is 1. The first-order chi connectivity index (χ1) is 8.70. The highest BCUT2D eigenvalue weighted by Crippen LogP contribution is 2.07. The number of likely N-dealkylation sites (N-methyl/N-ethyl adjacent to an activating group) is 1. The van der Waals surface area contributed by atoms with Crippen molar-refractivity contribution in [2.24, 2.45) is 0 Å². The molecule has 1 aliphatic rings. The Kier molecular flexibility index (Phi) is 4.16. The molecule has 1 aromatic heterocycles. The van der Waals surface area contributed by atoms with E-state index in [1.807, 2.05) is 6.20 Å². The van der Waals surface area contributed by atoms with Crippen molar-refractivity contribution in [3.63, 3.8) is 0 Å². The van der Waals surface area contributed by atoms with E-state index in [1.54, 1.807) is 17.8 Å². The molecule has 7 heteroatoms. The molecule has 0 spiro atoms. The highest BCUT2D eigenvalue weighted by molar-refractivity contribution is 5.81. The van der Waals surface area contributed by atoms with E-state index in [1.165, 1.54) is 0 Å². The quantitative estimate of drug-likeness (QED) is 0.712. The van der Waals surface area contributed by atoms with Gasteiger partial charge in [-0.15, -0.1) is 0 Å². The van der Waals surface area contributed by atoms with E-state index in [0.29, 0.717) is 25.6 Å². The van der Waals surface area contributed by atoms with Crippen molar-refractivity contribution in [2.45, 2.75) is 12.6 Å². The Hall–Kier alpha value is -1.60. The lowest BCUT2D eigenvalue weighted by molar-refractivity contribution is -0.132. The van der Waals surface area contributed by atoms with E-state index in [2.05, 4.69) is 15.3 Å². The van der Waals surface area contributed by atoms with E-state index in [4.69, 9.17) is 10.5 Å². The molecule has 1 atom stereocenters. The Morgan fingerprint density at radius 2 is 2.50 bits per heavy atom. The maximum Gasteiger partial charge on any atom is 0.239 e. The molecule has 1 aromatic rings. The zero-order valence-electron chi connectivity index (χ0n) is 10.5. The number of anilines is 1. The van der Waals surface area contributed by atoms with Gasteiger partial charge in [0.25, 0.3) is 0 Å². The predicted octanol–water partition coefficient (Wildman–Crippen LogP) is -1.09. The van der Waals surface area contributed by atoms with Crippen LogP contribution in [0.25, 0.3) is 0 Å². The second-order valence-electron chi connectivity index (χ2n) is 4.24. The van der Waals surface area contributed by atoms with Crippen LogP contribution in [0.5, 0.6) is 0 Å². The third-order valence-corrected chi connectivity index (χ3v) is 3.07. The highest BCUT2D eigenvalue weighted by Gasteiger charge is 2.28. The van der Waals surface area contributed by atoms with Gasteiger partial charge in [0.2, 0.25) is 5.91 Å². The Bertz CT molecular complexity index is 406. The van der Waals surface area contributed by atoms with Gasteiger partial charge in [0.1, 0.15) is 11.9 Å². The van der Waals surface area contributed by atoms with Crippen molar-refractivity contribution in [3.8, 4) is 0 Å². The summed E-state index contributed by atoms with van der Waals surface area (Å²) in [5.74, 6) is 0.509. The maximum absolute atomic E-state index is 11.7. The Morgan fingerprint density at radius 1 is 1.67 bits per heavy atom. The first kappa shape index (κ1) is 12.8. The number of rotatable bonds is 4. The van der Waals surface area contributed by atoms with Crippen LogP contribution >= 0.6 is 0 Å². The fourth-order valence-corrected chi connectivity index (χ4v) is 2.05. The summed E-state index contributed by atoms with van der Waals surface area (Å²) < 4.78 is 7.13. The largest absolute Gasteiger partial charge is 0.382 e. The molecule has 1 unspecified atom stereocenters. The molecule has 2 heterocycles. The van der Waals surface area contributed by atoms with Crippen LogP contribution in [0.15, 0.2) is 12.3 Å². The van der Waals surface area contributed by atoms with Gasteiger partial charge in [-0.05, 0) is 6.07 Å². The number of ether oxygens (including phenoxy) is 1. The maximum atomic E-state index is 11.7. The van der Waals surface area contributed by atoms with Crippen molar-refractivity contribution in [3.05, 3.63) is 12.3 Å². The van der Waals surface area contributed by atoms with Gasteiger partial charge < -0.3 is 15.8 Å². The number of aromatic nitrogens is 2. The topological polar surface area (TPSA) is 85.4 Å². The van der Waals surface area contributed by atoms with Crippen LogP contribution in [0, 0.1) is 0 Å². The summed E-state index contributed by atoms with van der Waals surface area (Å²) in [6.45, 7) is 3.33. The molecule has 1 amide bonds. The molecule has 0 aromatic carbocycles. The third kappa shape index (κ3) is 2.99. The number of nitrogens with two attached hydrogens (primary N) is 1. The van der Waals surface area contributed by atoms with Crippen molar-refractivity contribution < 1.29 is 9.53 Å². The van der Waals surface area contributed by atoms with Crippen LogP contribution in [0.4, 0.5) is 5.82 Å². The van der Waals surface area contributed by atoms with Crippen molar-refractivity contribution in [1.82, 2.24) is 20.0 Å². The molecule has 2 rings (SSSR count). The molecular formula is C11H19N5O2. The molecule has 1 saturated heterocycles. The van der Waals surface area contributed by atoms with Gasteiger partial charge in [-0.3, -0.25) is 14.4 Å². The molecule has 1 fully saturated rings. The smallest absolute Gasteiger partial charge is 0.239 e. The molecule has 0 bridgehead atoms. The zero-order chi connectivity index (χ0) is 13.0. The van der Waals surface area contributed by atoms with Crippen LogP contribution in [0.2, 0.25) is 0 Å². The van der Waals surface area contributed by atoms with Gasteiger partial charge in [-0.1, -0.05) is 0 Å². The van der Waals surface area contributed by atoms with Gasteiger partial charge in [0.05, 0.1) is 19.8 Å². The normalized spacial score (nSPS) is 20.8. The Morgan fingerprint density at radius 3 is 3.17 bits per heavy atom. The average molecular weight is 253 g/mol. The van der Waals surface area contributed by atoms with Crippen LogP contribution in [0.3, 0.4) is 0 Å². The summed E-state index contributed by atoms with van der Waals surface area (Å²) in [5, 5.41) is 6.79. The number of carbonyl (C=O) groups excluding carboxylic acids is 1. The van der Waals surface area contributed by atoms with Crippen LogP contribution in [0.1, 0.15) is 0 Å². The number of morpholine rings is 1. The summed E-state index contributed by atoms with van der Waals surface area (Å²) in [6, 6.07) is 1.55. The lowest BCUT2D eigenvalue weighted by Crippen LogP contribution is -2.53. The van der Waals surface area contributed by atoms with Gasteiger partial charge in [-0.2, -0.15) is 5.10 Å². The summed E-state index contributed by atoms with van der Waals surface area (Å²) in [4.78, 5) is 13.8. The van der Waals surface area contributed by atoms with Crippen LogP contribution in [-0.2, 0) is 16.1 Å². The summed E-state index contributed by atoms with van der Waals surface area (Å²) >= 11 is 0. The lowest BCUT2D eigenvalue weighted by Gasteiger charge is -2.34. The predicted molar refractivity (Wildman–Crippen MR) is 66.9 cm³/mol. The van der Waals surface area contributed by atoms with Crippen molar-refractivity contribution in [1.29, 1.82) is 0 Å². The molecule has 7 nitrogen and oxygen atoms in total. The minimum Gasteiger partial charge on any atom is -0.382 e. The van der Waals surface area contributed by atoms with E-state index in [9.17, 15) is 4.79 Å². The summed E-state index contributed by atoms with van der Waals surface area (Å²) in [7, 11) is 1.64. The standard InChI is InChI=1S/C11H19N5O2/c1-13-11(17)9-8-18-7-6-15(9)4-5-16-3-2-10(12)14-16/h2-3,9H,4-8H2,1H3,(H2,12,14)(H,13,17). The van der Waals surface area contributed by atoms with Crippen molar-refractivity contribution >= 4 is 11.7 Å². The lowest BCUT2D eigenvalue weighted by atomic mass is 10.2. The molecule has 3 N–H and O–H groups in total. The Labute approximate surface area is 106 Å². The fourth-order valence-electron chi connectivity index (χ4n) is 2.05. The zero-order valence-corrected chi connectivity index (χ0v) is 10.5. The van der Waals surface area contributed by atoms with Gasteiger partial charge >= 0.3 is 0 Å². The molecule has 18 heavy (non-hydrogen) atoms. The summed E-state index contributed by atoms with van der Waals surface area (Å²) in [6.07, 6.45) is 1.84. The van der Waals surface area contributed by atoms with E-state index in [0.717, 1.165) is 13.1 Å². The van der Waals surface area contributed by atoms with Gasteiger partial charge in [0.15, 0.2) is 0 Å². The van der Waals surface area contributed by atoms with E-state index in [-0.39, 0.29) is 11.9 Å². The summed E-state index contributed by atoms with van der Waals surface area (Å²) in [5.41, 5.74) is 5.55. The fraction of sp³-hybridized carbons (Fsp3) is 0.636. The molecular weight excluding hydrogens is 234 g/mol. The molecule has 100 valence electrons. The number of nitrogen functional groups attached to an aromatic ring is 1.